The van der Waals surface area contributed by atoms with Gasteiger partial charge in [-0.1, -0.05) is 36.4 Å². The van der Waals surface area contributed by atoms with E-state index in [-0.39, 0.29) is 0 Å². The van der Waals surface area contributed by atoms with Crippen molar-refractivity contribution in [3.05, 3.63) is 69.8 Å². The summed E-state index contributed by atoms with van der Waals surface area (Å²) in [5.41, 5.74) is 6.37. The predicted octanol–water partition coefficient (Wildman–Crippen LogP) is 4.37. The Morgan fingerprint density at radius 3 is 2.00 bits per heavy atom. The van der Waals surface area contributed by atoms with Crippen LogP contribution in [-0.2, 0) is 12.0 Å². The van der Waals surface area contributed by atoms with Crippen LogP contribution in [0.3, 0.4) is 0 Å². The summed E-state index contributed by atoms with van der Waals surface area (Å²) in [6.45, 7) is 10.3. The van der Waals surface area contributed by atoms with Crippen molar-refractivity contribution in [2.75, 3.05) is 0 Å². The van der Waals surface area contributed by atoms with Crippen molar-refractivity contribution in [3.63, 3.8) is 0 Å². The molecule has 2 aromatic carbocycles. The minimum atomic E-state index is -0.838. The molecule has 0 saturated heterocycles. The molecule has 0 radical (unpaired) electrons. The van der Waals surface area contributed by atoms with Crippen LogP contribution in [0.25, 0.3) is 0 Å². The Balaban J connectivity index is 2.37. The van der Waals surface area contributed by atoms with Gasteiger partial charge in [0.2, 0.25) is 0 Å². The maximum absolute atomic E-state index is 10.9. The zero-order chi connectivity index (χ0) is 14.9. The van der Waals surface area contributed by atoms with Crippen LogP contribution < -0.4 is 0 Å². The number of hydrogen-bond acceptors (Lipinski definition) is 1. The Morgan fingerprint density at radius 1 is 0.850 bits per heavy atom. The molecule has 0 aliphatic carbocycles. The van der Waals surface area contributed by atoms with Crippen LogP contribution in [0.4, 0.5) is 0 Å². The van der Waals surface area contributed by atoms with Gasteiger partial charge in [0.15, 0.2) is 0 Å². The first kappa shape index (κ1) is 14.8. The lowest BCUT2D eigenvalue weighted by Gasteiger charge is -2.26. The van der Waals surface area contributed by atoms with Crippen molar-refractivity contribution in [3.8, 4) is 0 Å². The van der Waals surface area contributed by atoms with Crippen LogP contribution >= 0.6 is 0 Å². The van der Waals surface area contributed by atoms with E-state index in [0.717, 1.165) is 5.56 Å². The predicted molar refractivity (Wildman–Crippen MR) is 85.1 cm³/mol. The minimum absolute atomic E-state index is 0.647. The molecule has 0 bridgehead atoms. The molecule has 0 spiro atoms. The molecule has 0 saturated carbocycles. The normalized spacial score (nSPS) is 14.1. The molecule has 20 heavy (non-hydrogen) atoms. The van der Waals surface area contributed by atoms with Gasteiger partial charge < -0.3 is 5.11 Å². The fraction of sp³-hybridized carbons (Fsp3) is 0.368. The molecule has 0 amide bonds. The molecule has 2 rings (SSSR count). The molecule has 0 aliphatic heterocycles. The summed E-state index contributed by atoms with van der Waals surface area (Å²) in [7, 11) is 0. The first-order valence-corrected chi connectivity index (χ1v) is 7.16. The average Bonchev–Trinajstić information content (AvgIpc) is 2.37. The van der Waals surface area contributed by atoms with Crippen LogP contribution in [0.1, 0.15) is 40.3 Å². The Bertz CT molecular complexity index is 603. The molecule has 1 atom stereocenters. The fourth-order valence-electron chi connectivity index (χ4n) is 2.65. The van der Waals surface area contributed by atoms with Crippen LogP contribution in [0, 0.1) is 27.7 Å². The first-order valence-electron chi connectivity index (χ1n) is 7.16. The standard InChI is InChI=1S/C19H24O/c1-13-9-10-17(11-16(13)4)19(5,20)12-18-14(2)7-6-8-15(18)3/h6-11,20H,12H2,1-5H3. The van der Waals surface area contributed by atoms with Gasteiger partial charge in [0, 0.05) is 6.42 Å². The maximum Gasteiger partial charge on any atom is 0.0909 e. The van der Waals surface area contributed by atoms with Crippen molar-refractivity contribution in [2.45, 2.75) is 46.6 Å². The van der Waals surface area contributed by atoms with Gasteiger partial charge in [-0.3, -0.25) is 0 Å². The van der Waals surface area contributed by atoms with Gasteiger partial charge in [-0.2, -0.15) is 0 Å². The molecular formula is C19H24O. The molecule has 2 aromatic rings. The van der Waals surface area contributed by atoms with E-state index in [0.29, 0.717) is 6.42 Å². The Kier molecular flexibility index (Phi) is 4.01. The second-order valence-electron chi connectivity index (χ2n) is 6.12. The number of hydrogen-bond donors (Lipinski definition) is 1. The molecule has 106 valence electrons. The van der Waals surface area contributed by atoms with Gasteiger partial charge in [0.05, 0.1) is 5.60 Å². The quantitative estimate of drug-likeness (QED) is 0.876. The van der Waals surface area contributed by atoms with Gasteiger partial charge in [0.25, 0.3) is 0 Å². The summed E-state index contributed by atoms with van der Waals surface area (Å²) < 4.78 is 0. The third kappa shape index (κ3) is 2.94. The summed E-state index contributed by atoms with van der Waals surface area (Å²) in [5.74, 6) is 0. The summed E-state index contributed by atoms with van der Waals surface area (Å²) in [6, 6.07) is 12.5. The van der Waals surface area contributed by atoms with Crippen molar-refractivity contribution in [1.82, 2.24) is 0 Å². The lowest BCUT2D eigenvalue weighted by atomic mass is 9.85. The molecule has 0 heterocycles. The summed E-state index contributed by atoms with van der Waals surface area (Å²) in [6.07, 6.45) is 0.647. The number of rotatable bonds is 3. The Hall–Kier alpha value is -1.60. The zero-order valence-corrected chi connectivity index (χ0v) is 13.1. The van der Waals surface area contributed by atoms with E-state index in [4.69, 9.17) is 0 Å². The van der Waals surface area contributed by atoms with Gasteiger partial charge in [-0.25, -0.2) is 0 Å². The number of benzene rings is 2. The number of aliphatic hydroxyl groups is 1. The van der Waals surface area contributed by atoms with E-state index in [1.165, 1.54) is 27.8 Å². The summed E-state index contributed by atoms with van der Waals surface area (Å²) in [5, 5.41) is 10.9. The monoisotopic (exact) mass is 268 g/mol. The second kappa shape index (κ2) is 5.41. The molecule has 0 aliphatic rings. The van der Waals surface area contributed by atoms with E-state index < -0.39 is 5.60 Å². The highest BCUT2D eigenvalue weighted by molar-refractivity contribution is 5.38. The SMILES string of the molecule is Cc1ccc(C(C)(O)Cc2c(C)cccc2C)cc1C. The lowest BCUT2D eigenvalue weighted by Crippen LogP contribution is -2.25. The largest absolute Gasteiger partial charge is 0.385 e. The summed E-state index contributed by atoms with van der Waals surface area (Å²) in [4.78, 5) is 0. The molecular weight excluding hydrogens is 244 g/mol. The van der Waals surface area contributed by atoms with Crippen molar-refractivity contribution < 1.29 is 5.11 Å². The molecule has 0 fully saturated rings. The third-order valence-corrected chi connectivity index (χ3v) is 4.29. The van der Waals surface area contributed by atoms with Gasteiger partial charge in [0.1, 0.15) is 0 Å². The molecule has 1 heteroatoms. The van der Waals surface area contributed by atoms with Crippen molar-refractivity contribution in [1.29, 1.82) is 0 Å². The highest BCUT2D eigenvalue weighted by Gasteiger charge is 2.25. The van der Waals surface area contributed by atoms with Gasteiger partial charge >= 0.3 is 0 Å². The smallest absolute Gasteiger partial charge is 0.0909 e. The highest BCUT2D eigenvalue weighted by Crippen LogP contribution is 2.29. The topological polar surface area (TPSA) is 20.2 Å². The van der Waals surface area contributed by atoms with E-state index in [1.54, 1.807) is 0 Å². The first-order chi connectivity index (χ1) is 9.31. The van der Waals surface area contributed by atoms with E-state index in [9.17, 15) is 5.11 Å². The number of aryl methyl sites for hydroxylation is 4. The Labute approximate surface area is 122 Å². The van der Waals surface area contributed by atoms with Crippen molar-refractivity contribution >= 4 is 0 Å². The van der Waals surface area contributed by atoms with E-state index in [2.05, 4.69) is 58.0 Å². The average molecular weight is 268 g/mol. The van der Waals surface area contributed by atoms with Crippen LogP contribution in [0.2, 0.25) is 0 Å². The van der Waals surface area contributed by atoms with Gasteiger partial charge in [-0.05, 0) is 68.0 Å². The zero-order valence-electron chi connectivity index (χ0n) is 13.1. The fourth-order valence-corrected chi connectivity index (χ4v) is 2.65. The van der Waals surface area contributed by atoms with Gasteiger partial charge in [-0.15, -0.1) is 0 Å². The van der Waals surface area contributed by atoms with E-state index in [1.807, 2.05) is 13.0 Å². The summed E-state index contributed by atoms with van der Waals surface area (Å²) >= 11 is 0. The van der Waals surface area contributed by atoms with Crippen LogP contribution in [0.5, 0.6) is 0 Å². The lowest BCUT2D eigenvalue weighted by molar-refractivity contribution is 0.0572. The highest BCUT2D eigenvalue weighted by atomic mass is 16.3. The minimum Gasteiger partial charge on any atom is -0.385 e. The molecule has 1 nitrogen and oxygen atoms in total. The van der Waals surface area contributed by atoms with Crippen LogP contribution in [-0.4, -0.2) is 5.11 Å². The maximum atomic E-state index is 10.9. The molecule has 1 unspecified atom stereocenters. The van der Waals surface area contributed by atoms with Crippen LogP contribution in [0.15, 0.2) is 36.4 Å². The molecule has 1 N–H and O–H groups in total. The van der Waals surface area contributed by atoms with E-state index >= 15 is 0 Å². The third-order valence-electron chi connectivity index (χ3n) is 4.29. The Morgan fingerprint density at radius 2 is 1.45 bits per heavy atom. The molecule has 0 aromatic heterocycles. The second-order valence-corrected chi connectivity index (χ2v) is 6.12. The van der Waals surface area contributed by atoms with Crippen molar-refractivity contribution in [2.24, 2.45) is 0 Å².